The molecule has 1 rings (SSSR count). The molecule has 0 bridgehead atoms. The van der Waals surface area contributed by atoms with Gasteiger partial charge in [0.2, 0.25) is 0 Å². The third-order valence-corrected chi connectivity index (χ3v) is 2.02. The van der Waals surface area contributed by atoms with Gasteiger partial charge in [-0.1, -0.05) is 6.92 Å². The molecule has 0 aromatic rings. The summed E-state index contributed by atoms with van der Waals surface area (Å²) in [6, 6.07) is 0. The SMILES string of the molecule is [CH2]N1CCCC(OCCC)C1. The van der Waals surface area contributed by atoms with Gasteiger partial charge < -0.3 is 4.74 Å². The van der Waals surface area contributed by atoms with Crippen LogP contribution in [-0.2, 0) is 4.74 Å². The fourth-order valence-corrected chi connectivity index (χ4v) is 1.43. The Kier molecular flexibility index (Phi) is 3.87. The summed E-state index contributed by atoms with van der Waals surface area (Å²) in [4.78, 5) is 2.10. The number of likely N-dealkylation sites (tertiary alicyclic amines) is 1. The summed E-state index contributed by atoms with van der Waals surface area (Å²) in [7, 11) is 3.91. The van der Waals surface area contributed by atoms with Crippen molar-refractivity contribution in [2.24, 2.45) is 0 Å². The van der Waals surface area contributed by atoms with Crippen molar-refractivity contribution < 1.29 is 4.74 Å². The summed E-state index contributed by atoms with van der Waals surface area (Å²) < 4.78 is 5.62. The summed E-state index contributed by atoms with van der Waals surface area (Å²) in [5, 5.41) is 0. The first-order valence-electron chi connectivity index (χ1n) is 4.50. The monoisotopic (exact) mass is 156 g/mol. The first-order chi connectivity index (χ1) is 5.33. The molecule has 2 heteroatoms. The maximum Gasteiger partial charge on any atom is 0.0702 e. The van der Waals surface area contributed by atoms with Gasteiger partial charge in [0.15, 0.2) is 0 Å². The van der Waals surface area contributed by atoms with Gasteiger partial charge in [-0.25, -0.2) is 0 Å². The van der Waals surface area contributed by atoms with E-state index in [1.54, 1.807) is 0 Å². The van der Waals surface area contributed by atoms with E-state index in [2.05, 4.69) is 18.9 Å². The van der Waals surface area contributed by atoms with Crippen molar-refractivity contribution in [1.82, 2.24) is 4.90 Å². The molecule has 1 heterocycles. The average Bonchev–Trinajstić information content (AvgIpc) is 2.01. The normalized spacial score (nSPS) is 27.3. The lowest BCUT2D eigenvalue weighted by Gasteiger charge is -2.29. The molecule has 0 aliphatic carbocycles. The molecule has 0 spiro atoms. The van der Waals surface area contributed by atoms with Crippen LogP contribution in [-0.4, -0.2) is 30.7 Å². The molecule has 65 valence electrons. The van der Waals surface area contributed by atoms with Crippen LogP contribution in [0, 0.1) is 7.05 Å². The van der Waals surface area contributed by atoms with E-state index in [4.69, 9.17) is 4.74 Å². The summed E-state index contributed by atoms with van der Waals surface area (Å²) in [5.41, 5.74) is 0. The van der Waals surface area contributed by atoms with Crippen LogP contribution in [0.1, 0.15) is 26.2 Å². The Morgan fingerprint density at radius 3 is 3.09 bits per heavy atom. The Labute approximate surface area is 69.5 Å². The molecular formula is C9H18NO. The molecule has 0 aromatic heterocycles. The summed E-state index contributed by atoms with van der Waals surface area (Å²) in [5.74, 6) is 0. The zero-order valence-corrected chi connectivity index (χ0v) is 7.38. The van der Waals surface area contributed by atoms with Crippen LogP contribution < -0.4 is 0 Å². The number of hydrogen-bond donors (Lipinski definition) is 0. The lowest BCUT2D eigenvalue weighted by atomic mass is 10.1. The van der Waals surface area contributed by atoms with Gasteiger partial charge in [-0.15, -0.1) is 0 Å². The third kappa shape index (κ3) is 3.21. The quantitative estimate of drug-likeness (QED) is 0.616. The number of ether oxygens (including phenoxy) is 1. The Bertz CT molecular complexity index is 106. The largest absolute Gasteiger partial charge is 0.377 e. The molecule has 1 saturated heterocycles. The van der Waals surface area contributed by atoms with E-state index in [9.17, 15) is 0 Å². The standard InChI is InChI=1S/C9H18NO/c1-3-7-11-9-5-4-6-10(2)8-9/h9H,2-8H2,1H3. The van der Waals surface area contributed by atoms with Crippen molar-refractivity contribution in [1.29, 1.82) is 0 Å². The molecule has 1 fully saturated rings. The molecule has 2 nitrogen and oxygen atoms in total. The highest BCUT2D eigenvalue weighted by Gasteiger charge is 2.16. The number of hydrogen-bond acceptors (Lipinski definition) is 2. The minimum atomic E-state index is 0.446. The van der Waals surface area contributed by atoms with Crippen LogP contribution in [0.2, 0.25) is 0 Å². The lowest BCUT2D eigenvalue weighted by molar-refractivity contribution is 0.0112. The summed E-state index contributed by atoms with van der Waals surface area (Å²) in [6.45, 7) is 5.19. The molecular weight excluding hydrogens is 138 g/mol. The molecule has 0 aromatic carbocycles. The van der Waals surface area contributed by atoms with Gasteiger partial charge in [0, 0.05) is 20.2 Å². The van der Waals surface area contributed by atoms with E-state index in [-0.39, 0.29) is 0 Å². The number of piperidine rings is 1. The molecule has 1 aliphatic heterocycles. The zero-order valence-electron chi connectivity index (χ0n) is 7.38. The van der Waals surface area contributed by atoms with Gasteiger partial charge in [-0.3, -0.25) is 4.90 Å². The predicted molar refractivity (Wildman–Crippen MR) is 46.2 cm³/mol. The van der Waals surface area contributed by atoms with Gasteiger partial charge >= 0.3 is 0 Å². The maximum atomic E-state index is 5.62. The molecule has 0 N–H and O–H groups in total. The van der Waals surface area contributed by atoms with Crippen molar-refractivity contribution in [2.75, 3.05) is 19.7 Å². The molecule has 1 unspecified atom stereocenters. The first kappa shape index (κ1) is 9.01. The van der Waals surface area contributed by atoms with Crippen LogP contribution in [0.3, 0.4) is 0 Å². The maximum absolute atomic E-state index is 5.62. The average molecular weight is 156 g/mol. The molecule has 1 radical (unpaired) electrons. The summed E-state index contributed by atoms with van der Waals surface area (Å²) in [6.07, 6.45) is 4.01. The molecule has 1 aliphatic rings. The van der Waals surface area contributed by atoms with E-state index in [1.165, 1.54) is 12.8 Å². The first-order valence-corrected chi connectivity index (χ1v) is 4.50. The van der Waals surface area contributed by atoms with E-state index >= 15 is 0 Å². The summed E-state index contributed by atoms with van der Waals surface area (Å²) >= 11 is 0. The highest BCUT2D eigenvalue weighted by Crippen LogP contribution is 2.11. The highest BCUT2D eigenvalue weighted by molar-refractivity contribution is 4.72. The number of rotatable bonds is 3. The van der Waals surface area contributed by atoms with E-state index in [0.717, 1.165) is 26.1 Å². The minimum absolute atomic E-state index is 0.446. The molecule has 0 saturated carbocycles. The fraction of sp³-hybridized carbons (Fsp3) is 0.889. The van der Waals surface area contributed by atoms with Crippen molar-refractivity contribution >= 4 is 0 Å². The van der Waals surface area contributed by atoms with Gasteiger partial charge in [0.05, 0.1) is 6.10 Å². The molecule has 0 amide bonds. The highest BCUT2D eigenvalue weighted by atomic mass is 16.5. The predicted octanol–water partition coefficient (Wildman–Crippen LogP) is 1.67. The minimum Gasteiger partial charge on any atom is -0.377 e. The second-order valence-corrected chi connectivity index (χ2v) is 3.21. The van der Waals surface area contributed by atoms with Gasteiger partial charge in [-0.2, -0.15) is 0 Å². The lowest BCUT2D eigenvalue weighted by Crippen LogP contribution is -2.35. The number of nitrogens with zero attached hydrogens (tertiary/aromatic N) is 1. The van der Waals surface area contributed by atoms with Crippen LogP contribution in [0.5, 0.6) is 0 Å². The Morgan fingerprint density at radius 1 is 1.64 bits per heavy atom. The molecule has 1 atom stereocenters. The van der Waals surface area contributed by atoms with Crippen LogP contribution in [0.15, 0.2) is 0 Å². The Morgan fingerprint density at radius 2 is 2.45 bits per heavy atom. The van der Waals surface area contributed by atoms with Crippen LogP contribution in [0.4, 0.5) is 0 Å². The van der Waals surface area contributed by atoms with Crippen LogP contribution in [0.25, 0.3) is 0 Å². The van der Waals surface area contributed by atoms with Crippen molar-refractivity contribution in [3.05, 3.63) is 7.05 Å². The Hall–Kier alpha value is -0.0800. The molecule has 11 heavy (non-hydrogen) atoms. The second kappa shape index (κ2) is 4.73. The topological polar surface area (TPSA) is 12.5 Å². The smallest absolute Gasteiger partial charge is 0.0702 e. The zero-order chi connectivity index (χ0) is 8.10. The second-order valence-electron chi connectivity index (χ2n) is 3.21. The van der Waals surface area contributed by atoms with Crippen molar-refractivity contribution in [2.45, 2.75) is 32.3 Å². The third-order valence-electron chi connectivity index (χ3n) is 2.02. The van der Waals surface area contributed by atoms with Gasteiger partial charge in [-0.05, 0) is 25.8 Å². The van der Waals surface area contributed by atoms with Gasteiger partial charge in [0.25, 0.3) is 0 Å². The van der Waals surface area contributed by atoms with E-state index in [0.29, 0.717) is 6.10 Å². The van der Waals surface area contributed by atoms with E-state index < -0.39 is 0 Å². The Balaban J connectivity index is 2.12. The van der Waals surface area contributed by atoms with Crippen molar-refractivity contribution in [3.8, 4) is 0 Å². The van der Waals surface area contributed by atoms with E-state index in [1.807, 2.05) is 0 Å². The van der Waals surface area contributed by atoms with Gasteiger partial charge in [0.1, 0.15) is 0 Å². The van der Waals surface area contributed by atoms with Crippen molar-refractivity contribution in [3.63, 3.8) is 0 Å². The fourth-order valence-electron chi connectivity index (χ4n) is 1.43. The van der Waals surface area contributed by atoms with Crippen LogP contribution >= 0.6 is 0 Å².